The number of nitrogens with zero attached hydrogens (tertiary/aromatic N) is 2. The maximum atomic E-state index is 13.4. The number of fused-ring (bicyclic) bond motifs is 1. The number of benzene rings is 2. The molecule has 0 saturated carbocycles. The monoisotopic (exact) mass is 370 g/mol. The fourth-order valence-electron chi connectivity index (χ4n) is 2.97. The number of rotatable bonds is 7. The van der Waals surface area contributed by atoms with Gasteiger partial charge in [0.2, 0.25) is 10.0 Å². The van der Waals surface area contributed by atoms with Crippen molar-refractivity contribution < 1.29 is 13.2 Å². The smallest absolute Gasteiger partial charge is 0.244 e. The molecule has 0 atom stereocenters. The molecule has 3 aromatic rings. The molecule has 0 unspecified atom stereocenters. The van der Waals surface area contributed by atoms with Crippen LogP contribution >= 0.6 is 0 Å². The summed E-state index contributed by atoms with van der Waals surface area (Å²) < 4.78 is 33.6. The first kappa shape index (κ1) is 18.4. The molecule has 0 N–H and O–H groups in total. The van der Waals surface area contributed by atoms with Crippen molar-refractivity contribution in [2.24, 2.45) is 0 Å². The highest BCUT2D eigenvalue weighted by atomic mass is 32.2. The lowest BCUT2D eigenvalue weighted by atomic mass is 10.2. The highest BCUT2D eigenvalue weighted by Crippen LogP contribution is 2.31. The van der Waals surface area contributed by atoms with Gasteiger partial charge in [0.1, 0.15) is 11.3 Å². The van der Waals surface area contributed by atoms with Crippen molar-refractivity contribution in [1.29, 1.82) is 0 Å². The van der Waals surface area contributed by atoms with Gasteiger partial charge in [-0.2, -0.15) is 4.31 Å². The number of pyridine rings is 1. The van der Waals surface area contributed by atoms with Crippen LogP contribution in [-0.4, -0.2) is 31.4 Å². The quantitative estimate of drug-likeness (QED) is 0.634. The van der Waals surface area contributed by atoms with Gasteiger partial charge in [0.15, 0.2) is 0 Å². The standard InChI is InChI=1S/C20H22N2O3S/c1-3-14-22(15-16-8-5-4-6-9-16)26(23,24)19-12-11-18(25-2)20-17(19)10-7-13-21-20/h4-13H,3,14-15H2,1-2H3. The average Bonchev–Trinajstić information content (AvgIpc) is 2.67. The van der Waals surface area contributed by atoms with E-state index in [1.54, 1.807) is 37.6 Å². The highest BCUT2D eigenvalue weighted by molar-refractivity contribution is 7.89. The summed E-state index contributed by atoms with van der Waals surface area (Å²) in [6, 6.07) is 16.4. The van der Waals surface area contributed by atoms with Crippen LogP contribution in [-0.2, 0) is 16.6 Å². The molecule has 1 aromatic heterocycles. The first-order chi connectivity index (χ1) is 12.6. The van der Waals surface area contributed by atoms with E-state index in [-0.39, 0.29) is 4.90 Å². The second-order valence-electron chi connectivity index (χ2n) is 5.99. The molecule has 0 aliphatic rings. The van der Waals surface area contributed by atoms with Crippen molar-refractivity contribution in [3.05, 3.63) is 66.4 Å². The maximum absolute atomic E-state index is 13.4. The van der Waals surface area contributed by atoms with E-state index in [0.29, 0.717) is 29.7 Å². The molecule has 6 heteroatoms. The van der Waals surface area contributed by atoms with Crippen molar-refractivity contribution in [1.82, 2.24) is 9.29 Å². The topological polar surface area (TPSA) is 59.5 Å². The summed E-state index contributed by atoms with van der Waals surface area (Å²) >= 11 is 0. The fraction of sp³-hybridized carbons (Fsp3) is 0.250. The molecule has 2 aromatic carbocycles. The second-order valence-corrected chi connectivity index (χ2v) is 7.90. The van der Waals surface area contributed by atoms with Gasteiger partial charge in [-0.15, -0.1) is 0 Å². The third-order valence-electron chi connectivity index (χ3n) is 4.21. The van der Waals surface area contributed by atoms with Crippen LogP contribution in [0.2, 0.25) is 0 Å². The summed E-state index contributed by atoms with van der Waals surface area (Å²) in [5, 5.41) is 0.570. The zero-order valence-corrected chi connectivity index (χ0v) is 15.7. The molecule has 0 bridgehead atoms. The molecule has 1 heterocycles. The molecule has 0 aliphatic carbocycles. The Balaban J connectivity index is 2.09. The zero-order valence-electron chi connectivity index (χ0n) is 14.9. The van der Waals surface area contributed by atoms with E-state index in [9.17, 15) is 8.42 Å². The average molecular weight is 370 g/mol. The minimum Gasteiger partial charge on any atom is -0.494 e. The number of hydrogen-bond acceptors (Lipinski definition) is 4. The summed E-state index contributed by atoms with van der Waals surface area (Å²) in [6.07, 6.45) is 2.37. The summed E-state index contributed by atoms with van der Waals surface area (Å²) in [6.45, 7) is 2.76. The van der Waals surface area contributed by atoms with Crippen LogP contribution in [0.4, 0.5) is 0 Å². The predicted octanol–water partition coefficient (Wildman–Crippen LogP) is 3.84. The van der Waals surface area contributed by atoms with Gasteiger partial charge in [-0.1, -0.05) is 37.3 Å². The Morgan fingerprint density at radius 3 is 2.50 bits per heavy atom. The molecule has 0 saturated heterocycles. The van der Waals surface area contributed by atoms with Crippen LogP contribution in [0, 0.1) is 0 Å². The first-order valence-corrected chi connectivity index (χ1v) is 9.97. The second kappa shape index (κ2) is 7.85. The molecule has 0 spiro atoms. The summed E-state index contributed by atoms with van der Waals surface area (Å²) in [5.74, 6) is 0.560. The van der Waals surface area contributed by atoms with E-state index in [4.69, 9.17) is 4.74 Å². The minimum absolute atomic E-state index is 0.255. The predicted molar refractivity (Wildman–Crippen MR) is 103 cm³/mol. The number of aromatic nitrogens is 1. The van der Waals surface area contributed by atoms with Gasteiger partial charge < -0.3 is 4.74 Å². The van der Waals surface area contributed by atoms with E-state index < -0.39 is 10.0 Å². The van der Waals surface area contributed by atoms with Gasteiger partial charge >= 0.3 is 0 Å². The molecule has 0 fully saturated rings. The van der Waals surface area contributed by atoms with Crippen LogP contribution in [0.1, 0.15) is 18.9 Å². The minimum atomic E-state index is -3.68. The van der Waals surface area contributed by atoms with E-state index in [1.807, 2.05) is 37.3 Å². The van der Waals surface area contributed by atoms with Gasteiger partial charge in [-0.25, -0.2) is 8.42 Å². The SMILES string of the molecule is CCCN(Cc1ccccc1)S(=O)(=O)c1ccc(OC)c2ncccc12. The summed E-state index contributed by atoms with van der Waals surface area (Å²) in [7, 11) is -2.12. The Kier molecular flexibility index (Phi) is 5.54. The lowest BCUT2D eigenvalue weighted by Gasteiger charge is -2.23. The molecule has 5 nitrogen and oxygen atoms in total. The van der Waals surface area contributed by atoms with Crippen molar-refractivity contribution in [2.75, 3.05) is 13.7 Å². The van der Waals surface area contributed by atoms with Crippen LogP contribution in [0.25, 0.3) is 10.9 Å². The molecule has 3 rings (SSSR count). The van der Waals surface area contributed by atoms with Crippen molar-refractivity contribution in [3.63, 3.8) is 0 Å². The van der Waals surface area contributed by atoms with Crippen LogP contribution < -0.4 is 4.74 Å². The molecule has 0 radical (unpaired) electrons. The lowest BCUT2D eigenvalue weighted by Crippen LogP contribution is -2.31. The number of hydrogen-bond donors (Lipinski definition) is 0. The van der Waals surface area contributed by atoms with Crippen LogP contribution in [0.3, 0.4) is 0 Å². The number of ether oxygens (including phenoxy) is 1. The molecule has 26 heavy (non-hydrogen) atoms. The van der Waals surface area contributed by atoms with E-state index in [0.717, 1.165) is 12.0 Å². The Bertz CT molecular complexity index is 988. The van der Waals surface area contributed by atoms with Crippen LogP contribution in [0.5, 0.6) is 5.75 Å². The van der Waals surface area contributed by atoms with Crippen molar-refractivity contribution in [2.45, 2.75) is 24.8 Å². The Morgan fingerprint density at radius 2 is 1.81 bits per heavy atom. The van der Waals surface area contributed by atoms with Gasteiger partial charge in [0.05, 0.1) is 12.0 Å². The van der Waals surface area contributed by atoms with E-state index in [1.165, 1.54) is 4.31 Å². The highest BCUT2D eigenvalue weighted by Gasteiger charge is 2.27. The largest absolute Gasteiger partial charge is 0.494 e. The fourth-order valence-corrected chi connectivity index (χ4v) is 4.67. The van der Waals surface area contributed by atoms with Crippen molar-refractivity contribution >= 4 is 20.9 Å². The molecule has 136 valence electrons. The zero-order chi connectivity index (χ0) is 18.6. The van der Waals surface area contributed by atoms with E-state index >= 15 is 0 Å². The Morgan fingerprint density at radius 1 is 1.04 bits per heavy atom. The molecule has 0 amide bonds. The number of sulfonamides is 1. The molecule has 0 aliphatic heterocycles. The molecular weight excluding hydrogens is 348 g/mol. The van der Waals surface area contributed by atoms with Gasteiger partial charge in [0.25, 0.3) is 0 Å². The lowest BCUT2D eigenvalue weighted by molar-refractivity contribution is 0.405. The van der Waals surface area contributed by atoms with E-state index in [2.05, 4.69) is 4.98 Å². The maximum Gasteiger partial charge on any atom is 0.244 e. The van der Waals surface area contributed by atoms with Gasteiger partial charge in [-0.3, -0.25) is 4.98 Å². The Hall–Kier alpha value is -2.44. The summed E-state index contributed by atoms with van der Waals surface area (Å²) in [5.41, 5.74) is 1.51. The summed E-state index contributed by atoms with van der Waals surface area (Å²) in [4.78, 5) is 4.56. The Labute approximate surface area is 154 Å². The first-order valence-electron chi connectivity index (χ1n) is 8.53. The number of methoxy groups -OCH3 is 1. The van der Waals surface area contributed by atoms with Gasteiger partial charge in [-0.05, 0) is 36.2 Å². The van der Waals surface area contributed by atoms with Crippen molar-refractivity contribution in [3.8, 4) is 5.75 Å². The normalized spacial score (nSPS) is 11.8. The molecular formula is C20H22N2O3S. The van der Waals surface area contributed by atoms with Gasteiger partial charge in [0, 0.05) is 24.7 Å². The van der Waals surface area contributed by atoms with Crippen LogP contribution in [0.15, 0.2) is 65.7 Å². The third kappa shape index (κ3) is 3.57. The third-order valence-corrected chi connectivity index (χ3v) is 6.11.